The molecule has 0 aromatic carbocycles. The largest absolute Gasteiger partial charge is 0.391 e. The van der Waals surface area contributed by atoms with E-state index in [0.29, 0.717) is 0 Å². The van der Waals surface area contributed by atoms with E-state index in [4.69, 9.17) is 5.73 Å². The third-order valence-electron chi connectivity index (χ3n) is 1.72. The van der Waals surface area contributed by atoms with Gasteiger partial charge in [-0.15, -0.1) is 21.5 Å². The first-order valence-corrected chi connectivity index (χ1v) is 5.49. The van der Waals surface area contributed by atoms with E-state index < -0.39 is 0 Å². The summed E-state index contributed by atoms with van der Waals surface area (Å²) >= 11 is 3.03. The van der Waals surface area contributed by atoms with Crippen molar-refractivity contribution in [1.82, 2.24) is 19.8 Å². The smallest absolute Gasteiger partial charge is 0.234 e. The Hall–Kier alpha value is -1.47. The van der Waals surface area contributed by atoms with Crippen molar-refractivity contribution < 1.29 is 0 Å². The third kappa shape index (κ3) is 1.10. The van der Waals surface area contributed by atoms with Gasteiger partial charge in [0.15, 0.2) is 5.01 Å². The molecule has 3 heterocycles. The number of nitrogen functional groups attached to an aromatic ring is 1. The van der Waals surface area contributed by atoms with Crippen molar-refractivity contribution >= 4 is 32.6 Å². The second kappa shape index (κ2) is 2.76. The highest BCUT2D eigenvalue weighted by atomic mass is 32.1. The van der Waals surface area contributed by atoms with Gasteiger partial charge in [0.25, 0.3) is 0 Å². The van der Waals surface area contributed by atoms with E-state index in [1.54, 1.807) is 10.8 Å². The molecular formula is C7H5N5S2. The number of rotatable bonds is 1. The van der Waals surface area contributed by atoms with Crippen LogP contribution in [0.15, 0.2) is 18.5 Å². The number of hydrogen-bond donors (Lipinski definition) is 1. The average Bonchev–Trinajstić information content (AvgIpc) is 2.75. The van der Waals surface area contributed by atoms with Gasteiger partial charge in [-0.05, 0) is 12.1 Å². The fourth-order valence-electron chi connectivity index (χ4n) is 1.13. The minimum atomic E-state index is 0.797. The van der Waals surface area contributed by atoms with Crippen molar-refractivity contribution in [2.75, 3.05) is 5.73 Å². The Morgan fingerprint density at radius 1 is 1.29 bits per heavy atom. The standard InChI is InChI=1S/C7H5N5S2/c8-5-2-1-4(13-5)6-11-12-3-9-10-7(12)14-6/h1-3H,8H2. The third-order valence-corrected chi connectivity index (χ3v) is 3.72. The van der Waals surface area contributed by atoms with Gasteiger partial charge in [-0.25, -0.2) is 0 Å². The summed E-state index contributed by atoms with van der Waals surface area (Å²) in [6.45, 7) is 0. The van der Waals surface area contributed by atoms with Gasteiger partial charge in [0, 0.05) is 0 Å². The van der Waals surface area contributed by atoms with Crippen LogP contribution in [0.3, 0.4) is 0 Å². The summed E-state index contributed by atoms with van der Waals surface area (Å²) in [5, 5.41) is 13.7. The van der Waals surface area contributed by atoms with Gasteiger partial charge in [0.1, 0.15) is 6.33 Å². The van der Waals surface area contributed by atoms with Crippen LogP contribution in [0.4, 0.5) is 5.00 Å². The molecule has 0 amide bonds. The Bertz CT molecular complexity index is 549. The van der Waals surface area contributed by atoms with Crippen LogP contribution in [-0.4, -0.2) is 19.8 Å². The van der Waals surface area contributed by atoms with Crippen LogP contribution in [0.1, 0.15) is 0 Å². The van der Waals surface area contributed by atoms with Crippen molar-refractivity contribution in [3.05, 3.63) is 18.5 Å². The Morgan fingerprint density at radius 2 is 2.21 bits per heavy atom. The lowest BCUT2D eigenvalue weighted by Crippen LogP contribution is -1.79. The highest BCUT2D eigenvalue weighted by molar-refractivity contribution is 7.25. The zero-order chi connectivity index (χ0) is 9.54. The first-order valence-electron chi connectivity index (χ1n) is 3.85. The van der Waals surface area contributed by atoms with Crippen molar-refractivity contribution in [2.24, 2.45) is 0 Å². The molecule has 0 bridgehead atoms. The van der Waals surface area contributed by atoms with Gasteiger partial charge in [0.05, 0.1) is 9.88 Å². The van der Waals surface area contributed by atoms with Crippen molar-refractivity contribution in [2.45, 2.75) is 0 Å². The fraction of sp³-hybridized carbons (Fsp3) is 0. The maximum absolute atomic E-state index is 5.65. The second-order valence-corrected chi connectivity index (χ2v) is 4.74. The summed E-state index contributed by atoms with van der Waals surface area (Å²) in [4.78, 5) is 1.87. The summed E-state index contributed by atoms with van der Waals surface area (Å²) < 4.78 is 1.66. The van der Waals surface area contributed by atoms with E-state index >= 15 is 0 Å². The summed E-state index contributed by atoms with van der Waals surface area (Å²) in [7, 11) is 0. The lowest BCUT2D eigenvalue weighted by molar-refractivity contribution is 0.961. The van der Waals surface area contributed by atoms with Crippen LogP contribution in [0, 0.1) is 0 Å². The Morgan fingerprint density at radius 3 is 2.93 bits per heavy atom. The lowest BCUT2D eigenvalue weighted by atomic mass is 10.5. The van der Waals surface area contributed by atoms with Crippen LogP contribution >= 0.6 is 22.7 Å². The number of hydrogen-bond acceptors (Lipinski definition) is 6. The first kappa shape index (κ1) is 7.89. The molecule has 0 radical (unpaired) electrons. The molecule has 0 aliphatic rings. The van der Waals surface area contributed by atoms with Gasteiger partial charge >= 0.3 is 0 Å². The van der Waals surface area contributed by atoms with Crippen LogP contribution in [0.25, 0.3) is 14.8 Å². The summed E-state index contributed by atoms with van der Waals surface area (Å²) in [5.41, 5.74) is 5.65. The average molecular weight is 223 g/mol. The molecule has 2 N–H and O–H groups in total. The zero-order valence-electron chi connectivity index (χ0n) is 6.91. The maximum atomic E-state index is 5.65. The molecule has 0 saturated heterocycles. The van der Waals surface area contributed by atoms with Crippen molar-refractivity contribution in [1.29, 1.82) is 0 Å². The number of thiophene rings is 1. The zero-order valence-corrected chi connectivity index (χ0v) is 8.55. The Balaban J connectivity index is 2.18. The highest BCUT2D eigenvalue weighted by Crippen LogP contribution is 2.31. The van der Waals surface area contributed by atoms with E-state index in [-0.39, 0.29) is 0 Å². The van der Waals surface area contributed by atoms with E-state index in [1.807, 2.05) is 12.1 Å². The van der Waals surface area contributed by atoms with Gasteiger partial charge in [-0.2, -0.15) is 9.61 Å². The molecule has 3 aromatic rings. The van der Waals surface area contributed by atoms with Crippen LogP contribution in [0.2, 0.25) is 0 Å². The molecule has 70 valence electrons. The van der Waals surface area contributed by atoms with E-state index in [0.717, 1.165) is 19.8 Å². The van der Waals surface area contributed by atoms with Crippen LogP contribution < -0.4 is 5.73 Å². The number of aromatic nitrogens is 4. The molecular weight excluding hydrogens is 218 g/mol. The van der Waals surface area contributed by atoms with E-state index in [1.165, 1.54) is 22.7 Å². The lowest BCUT2D eigenvalue weighted by Gasteiger charge is -1.84. The van der Waals surface area contributed by atoms with E-state index in [2.05, 4.69) is 15.3 Å². The highest BCUT2D eigenvalue weighted by Gasteiger charge is 2.08. The number of nitrogens with zero attached hydrogens (tertiary/aromatic N) is 4. The quantitative estimate of drug-likeness (QED) is 0.678. The predicted octanol–water partition coefficient (Wildman–Crippen LogP) is 1.50. The second-order valence-electron chi connectivity index (χ2n) is 2.67. The number of fused-ring (bicyclic) bond motifs is 1. The molecule has 0 saturated carbocycles. The molecule has 0 aliphatic heterocycles. The molecule has 0 spiro atoms. The van der Waals surface area contributed by atoms with Gasteiger partial charge in [-0.3, -0.25) is 0 Å². The normalized spacial score (nSPS) is 11.1. The molecule has 7 heteroatoms. The molecule has 0 unspecified atom stereocenters. The summed E-state index contributed by atoms with van der Waals surface area (Å²) in [5.74, 6) is 0. The topological polar surface area (TPSA) is 69.1 Å². The predicted molar refractivity (Wildman–Crippen MR) is 56.4 cm³/mol. The Labute approximate surface area is 86.8 Å². The first-order chi connectivity index (χ1) is 6.83. The molecule has 3 rings (SSSR count). The molecule has 0 fully saturated rings. The molecule has 0 atom stereocenters. The summed E-state index contributed by atoms with van der Waals surface area (Å²) in [6, 6.07) is 3.84. The molecule has 3 aromatic heterocycles. The van der Waals surface area contributed by atoms with Crippen molar-refractivity contribution in [3.8, 4) is 9.88 Å². The minimum Gasteiger partial charge on any atom is -0.391 e. The van der Waals surface area contributed by atoms with Gasteiger partial charge < -0.3 is 5.73 Å². The summed E-state index contributed by atoms with van der Waals surface area (Å²) in [6.07, 6.45) is 1.59. The van der Waals surface area contributed by atoms with Gasteiger partial charge in [-0.1, -0.05) is 11.3 Å². The molecule has 14 heavy (non-hydrogen) atoms. The minimum absolute atomic E-state index is 0.797. The maximum Gasteiger partial charge on any atom is 0.234 e. The van der Waals surface area contributed by atoms with Crippen LogP contribution in [0.5, 0.6) is 0 Å². The molecule has 5 nitrogen and oxygen atoms in total. The monoisotopic (exact) mass is 223 g/mol. The van der Waals surface area contributed by atoms with E-state index in [9.17, 15) is 0 Å². The number of anilines is 1. The number of nitrogens with two attached hydrogens (primary N) is 1. The van der Waals surface area contributed by atoms with Crippen LogP contribution in [-0.2, 0) is 0 Å². The SMILES string of the molecule is Nc1ccc(-c2nn3cnnc3s2)s1. The van der Waals surface area contributed by atoms with Gasteiger partial charge in [0.2, 0.25) is 4.96 Å². The molecule has 0 aliphatic carbocycles. The fourth-order valence-corrected chi connectivity index (χ4v) is 2.77. The Kier molecular flexibility index (Phi) is 1.55. The van der Waals surface area contributed by atoms with Crippen molar-refractivity contribution in [3.63, 3.8) is 0 Å².